The predicted octanol–water partition coefficient (Wildman–Crippen LogP) is 3.04. The van der Waals surface area contributed by atoms with E-state index in [4.69, 9.17) is 5.73 Å². The van der Waals surface area contributed by atoms with Crippen molar-refractivity contribution >= 4 is 17.2 Å². The normalized spacial score (nSPS) is 13.5. The first kappa shape index (κ1) is 12.2. The molecule has 1 aromatic rings. The van der Waals surface area contributed by atoms with Crippen molar-refractivity contribution in [2.75, 3.05) is 6.54 Å². The number of nitrogens with zero attached hydrogens (tertiary/aromatic N) is 1. The Morgan fingerprint density at radius 2 is 2.20 bits per heavy atom. The van der Waals surface area contributed by atoms with Crippen LogP contribution in [0.2, 0.25) is 0 Å². The Balaban J connectivity index is 2.70. The Morgan fingerprint density at radius 1 is 1.53 bits per heavy atom. The minimum Gasteiger partial charge on any atom is -0.387 e. The van der Waals surface area contributed by atoms with Gasteiger partial charge in [-0.1, -0.05) is 33.8 Å². The SMILES string of the molecule is CC(C)C(N)=NCC(C)(C)c1cccs1. The molecule has 15 heavy (non-hydrogen) atoms. The van der Waals surface area contributed by atoms with Crippen LogP contribution in [0, 0.1) is 5.92 Å². The second kappa shape index (κ2) is 4.79. The highest BCUT2D eigenvalue weighted by molar-refractivity contribution is 7.10. The van der Waals surface area contributed by atoms with Gasteiger partial charge in [-0.3, -0.25) is 4.99 Å². The van der Waals surface area contributed by atoms with Crippen molar-refractivity contribution in [3.8, 4) is 0 Å². The van der Waals surface area contributed by atoms with E-state index in [-0.39, 0.29) is 5.41 Å². The molecule has 0 atom stereocenters. The maximum Gasteiger partial charge on any atom is 0.0963 e. The lowest BCUT2D eigenvalue weighted by Crippen LogP contribution is -2.25. The van der Waals surface area contributed by atoms with E-state index in [0.29, 0.717) is 5.92 Å². The van der Waals surface area contributed by atoms with Crippen molar-refractivity contribution in [2.45, 2.75) is 33.1 Å². The molecule has 0 amide bonds. The van der Waals surface area contributed by atoms with E-state index in [0.717, 1.165) is 12.4 Å². The lowest BCUT2D eigenvalue weighted by atomic mass is 9.92. The standard InChI is InChI=1S/C12H20N2S/c1-9(2)11(13)14-8-12(3,4)10-6-5-7-15-10/h5-7,9H,8H2,1-4H3,(H2,13,14). The fraction of sp³-hybridized carbons (Fsp3) is 0.583. The Labute approximate surface area is 96.2 Å². The summed E-state index contributed by atoms with van der Waals surface area (Å²) < 4.78 is 0. The summed E-state index contributed by atoms with van der Waals surface area (Å²) in [7, 11) is 0. The van der Waals surface area contributed by atoms with Gasteiger partial charge in [-0.25, -0.2) is 0 Å². The number of hydrogen-bond acceptors (Lipinski definition) is 2. The van der Waals surface area contributed by atoms with E-state index < -0.39 is 0 Å². The number of amidine groups is 1. The van der Waals surface area contributed by atoms with Crippen LogP contribution in [0.5, 0.6) is 0 Å². The molecule has 0 fully saturated rings. The van der Waals surface area contributed by atoms with Crippen LogP contribution in [-0.2, 0) is 5.41 Å². The minimum absolute atomic E-state index is 0.0909. The van der Waals surface area contributed by atoms with Crippen molar-refractivity contribution < 1.29 is 0 Å². The minimum atomic E-state index is 0.0909. The third-order valence-electron chi connectivity index (χ3n) is 2.44. The molecule has 0 aromatic carbocycles. The predicted molar refractivity (Wildman–Crippen MR) is 68.7 cm³/mol. The highest BCUT2D eigenvalue weighted by Gasteiger charge is 2.21. The molecule has 0 saturated carbocycles. The quantitative estimate of drug-likeness (QED) is 0.619. The van der Waals surface area contributed by atoms with Gasteiger partial charge in [0.15, 0.2) is 0 Å². The van der Waals surface area contributed by atoms with Crippen LogP contribution in [0.3, 0.4) is 0 Å². The van der Waals surface area contributed by atoms with Gasteiger partial charge >= 0.3 is 0 Å². The van der Waals surface area contributed by atoms with E-state index in [1.165, 1.54) is 4.88 Å². The molecule has 0 radical (unpaired) electrons. The molecule has 1 rings (SSSR count). The van der Waals surface area contributed by atoms with E-state index in [1.807, 2.05) is 0 Å². The van der Waals surface area contributed by atoms with Crippen LogP contribution in [0.15, 0.2) is 22.5 Å². The van der Waals surface area contributed by atoms with Gasteiger partial charge in [-0.15, -0.1) is 11.3 Å². The van der Waals surface area contributed by atoms with Gasteiger partial charge < -0.3 is 5.73 Å². The smallest absolute Gasteiger partial charge is 0.0963 e. The largest absolute Gasteiger partial charge is 0.387 e. The molecule has 1 heterocycles. The summed E-state index contributed by atoms with van der Waals surface area (Å²) >= 11 is 1.78. The lowest BCUT2D eigenvalue weighted by molar-refractivity contribution is 0.549. The van der Waals surface area contributed by atoms with Crippen LogP contribution < -0.4 is 5.73 Å². The first-order chi connectivity index (χ1) is 6.93. The Bertz CT molecular complexity index is 323. The van der Waals surface area contributed by atoms with E-state index in [9.17, 15) is 0 Å². The maximum atomic E-state index is 5.83. The number of thiophene rings is 1. The molecule has 2 nitrogen and oxygen atoms in total. The van der Waals surface area contributed by atoms with Gasteiger partial charge in [0, 0.05) is 16.2 Å². The molecule has 0 aliphatic heterocycles. The second-order valence-electron chi connectivity index (χ2n) is 4.76. The summed E-state index contributed by atoms with van der Waals surface area (Å²) in [6, 6.07) is 4.24. The molecule has 84 valence electrons. The van der Waals surface area contributed by atoms with E-state index >= 15 is 0 Å². The number of rotatable bonds is 4. The lowest BCUT2D eigenvalue weighted by Gasteiger charge is -2.21. The molecule has 0 aliphatic rings. The average Bonchev–Trinajstić information content (AvgIpc) is 2.67. The zero-order valence-corrected chi connectivity index (χ0v) is 10.8. The third-order valence-corrected chi connectivity index (χ3v) is 3.67. The number of hydrogen-bond donors (Lipinski definition) is 1. The van der Waals surface area contributed by atoms with Crippen LogP contribution in [-0.4, -0.2) is 12.4 Å². The van der Waals surface area contributed by atoms with Gasteiger partial charge in [0.25, 0.3) is 0 Å². The van der Waals surface area contributed by atoms with Gasteiger partial charge in [0.05, 0.1) is 12.4 Å². The van der Waals surface area contributed by atoms with Gasteiger partial charge in [-0.2, -0.15) is 0 Å². The summed E-state index contributed by atoms with van der Waals surface area (Å²) in [4.78, 5) is 5.82. The van der Waals surface area contributed by atoms with E-state index in [1.54, 1.807) is 11.3 Å². The molecule has 0 unspecified atom stereocenters. The van der Waals surface area contributed by atoms with Gasteiger partial charge in [0.1, 0.15) is 0 Å². The maximum absolute atomic E-state index is 5.83. The van der Waals surface area contributed by atoms with Crippen LogP contribution in [0.25, 0.3) is 0 Å². The molecule has 3 heteroatoms. The molecule has 0 bridgehead atoms. The fourth-order valence-electron chi connectivity index (χ4n) is 1.21. The zero-order valence-electron chi connectivity index (χ0n) is 9.95. The van der Waals surface area contributed by atoms with Gasteiger partial charge in [0.2, 0.25) is 0 Å². The third kappa shape index (κ3) is 3.34. The zero-order chi connectivity index (χ0) is 11.5. The number of nitrogens with two attached hydrogens (primary N) is 1. The van der Waals surface area contributed by atoms with Crippen molar-refractivity contribution in [1.29, 1.82) is 0 Å². The molecule has 1 aromatic heterocycles. The average molecular weight is 224 g/mol. The monoisotopic (exact) mass is 224 g/mol. The van der Waals surface area contributed by atoms with Crippen molar-refractivity contribution in [3.05, 3.63) is 22.4 Å². The van der Waals surface area contributed by atoms with Crippen molar-refractivity contribution in [1.82, 2.24) is 0 Å². The van der Waals surface area contributed by atoms with Crippen molar-refractivity contribution in [2.24, 2.45) is 16.6 Å². The molecule has 0 spiro atoms. The summed E-state index contributed by atoms with van der Waals surface area (Å²) in [5.74, 6) is 1.09. The molecule has 0 aliphatic carbocycles. The first-order valence-electron chi connectivity index (χ1n) is 5.27. The van der Waals surface area contributed by atoms with Crippen LogP contribution in [0.4, 0.5) is 0 Å². The second-order valence-corrected chi connectivity index (χ2v) is 5.70. The summed E-state index contributed by atoms with van der Waals surface area (Å²) in [6.07, 6.45) is 0. The van der Waals surface area contributed by atoms with Crippen molar-refractivity contribution in [3.63, 3.8) is 0 Å². The molecule has 2 N–H and O–H groups in total. The van der Waals surface area contributed by atoms with Crippen LogP contribution in [0.1, 0.15) is 32.6 Å². The molecular weight excluding hydrogens is 204 g/mol. The number of aliphatic imine (C=N–C) groups is 1. The van der Waals surface area contributed by atoms with Crippen LogP contribution >= 0.6 is 11.3 Å². The fourth-order valence-corrected chi connectivity index (χ4v) is 2.06. The summed E-state index contributed by atoms with van der Waals surface area (Å²) in [5, 5.41) is 2.10. The van der Waals surface area contributed by atoms with Gasteiger partial charge in [-0.05, 0) is 11.4 Å². The highest BCUT2D eigenvalue weighted by atomic mass is 32.1. The molecule has 0 saturated heterocycles. The first-order valence-corrected chi connectivity index (χ1v) is 6.15. The Morgan fingerprint density at radius 3 is 2.67 bits per heavy atom. The summed E-state index contributed by atoms with van der Waals surface area (Å²) in [6.45, 7) is 9.30. The topological polar surface area (TPSA) is 38.4 Å². The molecular formula is C12H20N2S. The highest BCUT2D eigenvalue weighted by Crippen LogP contribution is 2.27. The Kier molecular flexibility index (Phi) is 3.91. The van der Waals surface area contributed by atoms with E-state index in [2.05, 4.69) is 50.2 Å². The Hall–Kier alpha value is -0.830. The summed E-state index contributed by atoms with van der Waals surface area (Å²) in [5.41, 5.74) is 5.92.